The molecule has 0 aromatic heterocycles. The Kier molecular flexibility index (Phi) is 85.4. The number of fused-ring (bicyclic) bond motifs is 2. The van der Waals surface area contributed by atoms with E-state index in [-0.39, 0.29) is 84.2 Å². The maximum absolute atomic E-state index is 6.15. The van der Waals surface area contributed by atoms with Crippen LogP contribution in [0.4, 0.5) is 0 Å². The predicted octanol–water partition coefficient (Wildman–Crippen LogP) is -1.14. The fraction of sp³-hybridized carbons (Fsp3) is 0.767. The molecule has 3 saturated heterocycles. The van der Waals surface area contributed by atoms with E-state index < -0.39 is 17.4 Å². The van der Waals surface area contributed by atoms with Crippen LogP contribution in [0.1, 0.15) is 143 Å². The molecule has 3 aromatic carbocycles. The quantitative estimate of drug-likeness (QED) is 0.0267. The van der Waals surface area contributed by atoms with Crippen LogP contribution in [-0.2, 0) is 35.0 Å². The third-order valence-corrected chi connectivity index (χ3v) is 18.5. The second-order valence-electron chi connectivity index (χ2n) is 32.3. The first kappa shape index (κ1) is 127. The zero-order valence-electron chi connectivity index (χ0n) is 78.7. The van der Waals surface area contributed by atoms with Gasteiger partial charge in [-0.2, -0.15) is 0 Å². The van der Waals surface area contributed by atoms with Crippen LogP contribution in [0, 0.1) is 17.3 Å². The molecule has 3 aromatic rings. The van der Waals surface area contributed by atoms with Crippen molar-refractivity contribution in [3.63, 3.8) is 0 Å². The van der Waals surface area contributed by atoms with E-state index in [1.807, 2.05) is 155 Å². The van der Waals surface area contributed by atoms with Crippen LogP contribution >= 0.6 is 0 Å². The minimum absolute atomic E-state index is 0.00796. The number of hydrogen-bond acceptors (Lipinski definition) is 34. The summed E-state index contributed by atoms with van der Waals surface area (Å²) in [6.07, 6.45) is 9.57. The summed E-state index contributed by atoms with van der Waals surface area (Å²) in [5.74, 6) is -1.39. The van der Waals surface area contributed by atoms with Gasteiger partial charge in [-0.1, -0.05) is 117 Å². The largest absolute Gasteiger partial charge is 0.349 e. The van der Waals surface area contributed by atoms with E-state index in [4.69, 9.17) is 149 Å². The number of nitrogens with two attached hydrogens (primary N) is 21. The molecule has 712 valence electrons. The second-order valence-corrected chi connectivity index (χ2v) is 32.3. The normalized spacial score (nSPS) is 22.9. The topological polar surface area (TPSA) is 668 Å². The van der Waals surface area contributed by atoms with Crippen LogP contribution in [0.2, 0.25) is 0 Å². The first-order chi connectivity index (χ1) is 56.6. The standard InChI is InChI=1S/C15H18N2.C10H22N2O4.C9H20N2O2.C9H14N2.C7H12N2.C6H16N2.2C5H14N2.C4H10N2.2C4H12N2.2C3H10N2.C2H8N2/c16-14(12-7-3-1-4-8-12)11-15(17)13-9-5-2-6-10-13;1-9(13-3)10(2,14-4)16-8(6-12)7(5-11)15-9;1-5(10)7-8(6(2)11)13-9(3,4)12-7;10-6-7-11-8-9-4-2-1-3-5-9;8-6-4-1-2-5(3-4)7(6)9;1-7(2)5-6-8(3)4;1-5(2,3-6)4-7;1-4(6)3-5(2)7;1-2-6-4-3-5-1;1-5-3-4-6-2;5-3-1-2-4-6;1-3(5)2-4;4-2-1-3-5;3-1-2-4/h1-10,14-15H,11,16-17H2;7-8H,5-6,11-12H2,1-4H3;5-8H,10-11H2,1-4H3;1-5,11H,6-8,10H2;1-2,4-7H,3,8-9H2;5-6H2,1-4H3;3-4,6-7H2,1-2H3;4-5H,3,6-7H2,1-2H3;5-6H,1-4H2;5-6H,3-4H2,1-2H3;1-6H2;3H,2,4-5H2,1H3;1-5H2;1-4H2. The smallest absolute Gasteiger partial charge is 0.220 e. The number of benzene rings is 3. The molecule has 4 fully saturated rings. The molecule has 17 atom stereocenters. The molecule has 1 saturated carbocycles. The Labute approximate surface area is 730 Å². The Morgan fingerprint density at radius 2 is 0.800 bits per heavy atom. The van der Waals surface area contributed by atoms with Crippen molar-refractivity contribution in [3.8, 4) is 0 Å². The molecule has 8 rings (SSSR count). The summed E-state index contributed by atoms with van der Waals surface area (Å²) in [6.45, 7) is 39.2. The summed E-state index contributed by atoms with van der Waals surface area (Å²) in [4.78, 5) is 4.36. The van der Waals surface area contributed by atoms with Crippen molar-refractivity contribution in [2.24, 2.45) is 138 Å². The Balaban J connectivity index is -0.000000298. The van der Waals surface area contributed by atoms with Gasteiger partial charge >= 0.3 is 0 Å². The van der Waals surface area contributed by atoms with Crippen molar-refractivity contribution in [1.29, 1.82) is 0 Å². The molecule has 0 radical (unpaired) electrons. The van der Waals surface area contributed by atoms with Gasteiger partial charge < -0.3 is 185 Å². The molecule has 0 amide bonds. The highest BCUT2D eigenvalue weighted by Gasteiger charge is 2.56. The van der Waals surface area contributed by atoms with E-state index in [1.165, 1.54) is 26.2 Å². The number of unbranched alkanes of at least 4 members (excludes halogenated alkanes) is 1. The van der Waals surface area contributed by atoms with Crippen LogP contribution in [0.25, 0.3) is 0 Å². The lowest BCUT2D eigenvalue weighted by Crippen LogP contribution is -2.67. The molecule has 0 spiro atoms. The van der Waals surface area contributed by atoms with E-state index in [9.17, 15) is 0 Å². The molecule has 34 nitrogen and oxygen atoms in total. The molecule has 3 aliphatic heterocycles. The lowest BCUT2D eigenvalue weighted by atomic mass is 9.95. The van der Waals surface area contributed by atoms with Crippen molar-refractivity contribution in [2.45, 2.75) is 217 Å². The molecular formula is C86H192N28O6. The highest BCUT2D eigenvalue weighted by Crippen LogP contribution is 2.39. The monoisotopic (exact) mass is 1710 g/mol. The van der Waals surface area contributed by atoms with Gasteiger partial charge in [-0.05, 0) is 216 Å². The van der Waals surface area contributed by atoms with Gasteiger partial charge in [0.1, 0.15) is 24.4 Å². The average molecular weight is 1710 g/mol. The van der Waals surface area contributed by atoms with E-state index in [0.717, 1.165) is 135 Å². The number of nitrogens with zero attached hydrogens (tertiary/aromatic N) is 2. The summed E-state index contributed by atoms with van der Waals surface area (Å²) in [5.41, 5.74) is 118. The third kappa shape index (κ3) is 69.3. The van der Waals surface area contributed by atoms with Gasteiger partial charge in [0, 0.05) is 173 Å². The lowest BCUT2D eigenvalue weighted by Gasteiger charge is -2.51. The van der Waals surface area contributed by atoms with Gasteiger partial charge in [-0.15, -0.1) is 0 Å². The van der Waals surface area contributed by atoms with Crippen LogP contribution in [0.3, 0.4) is 0 Å². The number of methoxy groups -OCH3 is 2. The summed E-state index contributed by atoms with van der Waals surface area (Å²) in [5, 5.41) is 15.7. The number of piperazine rings is 1. The Morgan fingerprint density at radius 1 is 0.467 bits per heavy atom. The third-order valence-electron chi connectivity index (χ3n) is 18.5. The first-order valence-electron chi connectivity index (χ1n) is 43.1. The Hall–Kier alpha value is -3.96. The van der Waals surface area contributed by atoms with E-state index in [1.54, 1.807) is 13.8 Å². The van der Waals surface area contributed by atoms with Gasteiger partial charge in [-0.3, -0.25) is 0 Å². The van der Waals surface area contributed by atoms with Gasteiger partial charge in [0.25, 0.3) is 0 Å². The number of rotatable bonds is 31. The van der Waals surface area contributed by atoms with Crippen LogP contribution in [0.15, 0.2) is 103 Å². The lowest BCUT2D eigenvalue weighted by molar-refractivity contribution is -0.445. The van der Waals surface area contributed by atoms with Crippen LogP contribution < -0.4 is 147 Å². The fourth-order valence-electron chi connectivity index (χ4n) is 10.5. The zero-order valence-corrected chi connectivity index (χ0v) is 78.7. The number of ether oxygens (including phenoxy) is 6. The minimum atomic E-state index is -1.00. The molecule has 120 heavy (non-hydrogen) atoms. The zero-order chi connectivity index (χ0) is 93.1. The van der Waals surface area contributed by atoms with Crippen molar-refractivity contribution < 1.29 is 28.4 Å². The number of hydrogen-bond donors (Lipinski definition) is 26. The van der Waals surface area contributed by atoms with Gasteiger partial charge in [0.15, 0.2) is 5.79 Å². The Morgan fingerprint density at radius 3 is 1.00 bits per heavy atom. The predicted molar refractivity (Wildman–Crippen MR) is 510 cm³/mol. The molecule has 3 heterocycles. The highest BCUT2D eigenvalue weighted by atomic mass is 16.8. The van der Waals surface area contributed by atoms with Crippen molar-refractivity contribution in [3.05, 3.63) is 120 Å². The maximum Gasteiger partial charge on any atom is 0.220 e. The maximum atomic E-state index is 6.15. The van der Waals surface area contributed by atoms with Gasteiger partial charge in [0.05, 0.1) is 0 Å². The summed E-state index contributed by atoms with van der Waals surface area (Å²) >= 11 is 0. The SMILES string of the molecule is C1CNCCN1.CC(C)(CN)CN.CC(N)C1OC(C)(C)OC1C(C)N.CC(N)CC(C)N.CC(N)CN.CN(C)CCN(C)C.CNCCNC.COC1(C)OC(CN)C(CN)OC1(C)OC.NC(CC(N)c1ccccc1)c1ccccc1.NC1C2C=CC(C2)C1N.NCCCCN.NCCCN.NCCN.NCCNCc1ccccc1. The molecule has 2 aliphatic carbocycles. The second kappa shape index (κ2) is 80.8. The molecule has 17 unspecified atom stereocenters. The minimum Gasteiger partial charge on any atom is -0.349 e. The Bertz CT molecular complexity index is 2470. The highest BCUT2D eigenvalue weighted by molar-refractivity contribution is 5.23. The first-order valence-corrected chi connectivity index (χ1v) is 43.1. The molecule has 2 bridgehead atoms. The summed E-state index contributed by atoms with van der Waals surface area (Å²) in [7, 11) is 15.3. The van der Waals surface area contributed by atoms with Gasteiger partial charge in [0.2, 0.25) is 11.6 Å². The summed E-state index contributed by atoms with van der Waals surface area (Å²) < 4.78 is 33.6. The fourth-order valence-corrected chi connectivity index (χ4v) is 10.5. The number of nitrogens with one attached hydrogen (secondary N) is 5. The van der Waals surface area contributed by atoms with E-state index in [0.29, 0.717) is 64.2 Å². The van der Waals surface area contributed by atoms with Crippen LogP contribution in [-0.4, -0.2) is 288 Å². The van der Waals surface area contributed by atoms with Crippen molar-refractivity contribution in [1.82, 2.24) is 36.4 Å². The van der Waals surface area contributed by atoms with Crippen molar-refractivity contribution >= 4 is 0 Å². The van der Waals surface area contributed by atoms with E-state index >= 15 is 0 Å². The molecule has 5 aliphatic rings. The molecule has 34 heteroatoms. The van der Waals surface area contributed by atoms with Crippen molar-refractivity contribution in [2.75, 3.05) is 194 Å². The van der Waals surface area contributed by atoms with Crippen LogP contribution in [0.5, 0.6) is 0 Å². The molecular weight excluding hydrogens is 1520 g/mol. The van der Waals surface area contributed by atoms with E-state index in [2.05, 4.69) is 88.9 Å². The average Bonchev–Trinajstić information content (AvgIpc) is 1.18. The van der Waals surface area contributed by atoms with Gasteiger partial charge in [-0.25, -0.2) is 0 Å². The molecule has 47 N–H and O–H groups in total. The summed E-state index contributed by atoms with van der Waals surface area (Å²) in [6, 6.07) is 31.5. The number of likely N-dealkylation sites (N-methyl/N-ethyl adjacent to an activating group) is 4.